The molecule has 0 radical (unpaired) electrons. The van der Waals surface area contributed by atoms with E-state index in [1.165, 1.54) is 5.56 Å². The molecule has 0 saturated carbocycles. The molecule has 0 unspecified atom stereocenters. The Labute approximate surface area is 92.3 Å². The first-order valence-electron chi connectivity index (χ1n) is 5.54. The Bertz CT molecular complexity index is 318. The Morgan fingerprint density at radius 2 is 1.87 bits per heavy atom. The molecule has 0 atom stereocenters. The van der Waals surface area contributed by atoms with Crippen molar-refractivity contribution in [2.75, 3.05) is 5.32 Å². The molecule has 1 aromatic carbocycles. The zero-order chi connectivity index (χ0) is 11.4. The van der Waals surface area contributed by atoms with Crippen LogP contribution in [0.5, 0.6) is 0 Å². The van der Waals surface area contributed by atoms with Gasteiger partial charge in [0.25, 0.3) is 0 Å². The van der Waals surface area contributed by atoms with Crippen LogP contribution in [-0.2, 0) is 6.61 Å². The summed E-state index contributed by atoms with van der Waals surface area (Å²) in [6.07, 6.45) is 0. The van der Waals surface area contributed by atoms with Crippen LogP contribution in [-0.4, -0.2) is 11.1 Å². The number of hydrogen-bond acceptors (Lipinski definition) is 2. The van der Waals surface area contributed by atoms with Gasteiger partial charge in [-0.3, -0.25) is 0 Å². The summed E-state index contributed by atoms with van der Waals surface area (Å²) in [7, 11) is 0. The Hall–Kier alpha value is -1.02. The number of rotatable bonds is 4. The van der Waals surface area contributed by atoms with Crippen molar-refractivity contribution in [3.63, 3.8) is 0 Å². The van der Waals surface area contributed by atoms with Crippen LogP contribution in [0, 0.1) is 0 Å². The number of aliphatic hydroxyl groups is 1. The molecule has 1 aromatic rings. The second-order valence-electron chi connectivity index (χ2n) is 4.53. The Morgan fingerprint density at radius 1 is 1.20 bits per heavy atom. The van der Waals surface area contributed by atoms with Gasteiger partial charge in [0.2, 0.25) is 0 Å². The van der Waals surface area contributed by atoms with Crippen LogP contribution >= 0.6 is 0 Å². The molecule has 2 N–H and O–H groups in total. The summed E-state index contributed by atoms with van der Waals surface area (Å²) < 4.78 is 0. The van der Waals surface area contributed by atoms with Crippen molar-refractivity contribution in [2.24, 2.45) is 0 Å². The minimum absolute atomic E-state index is 0.0907. The van der Waals surface area contributed by atoms with Crippen LogP contribution in [0.25, 0.3) is 0 Å². The van der Waals surface area contributed by atoms with Gasteiger partial charge in [-0.2, -0.15) is 0 Å². The van der Waals surface area contributed by atoms with E-state index in [1.54, 1.807) is 0 Å². The predicted molar refractivity (Wildman–Crippen MR) is 65.2 cm³/mol. The quantitative estimate of drug-likeness (QED) is 0.795. The lowest BCUT2D eigenvalue weighted by atomic mass is 10.00. The fourth-order valence-electron chi connectivity index (χ4n) is 1.54. The van der Waals surface area contributed by atoms with Gasteiger partial charge in [-0.25, -0.2) is 0 Å². The summed E-state index contributed by atoms with van der Waals surface area (Å²) in [4.78, 5) is 0. The second-order valence-corrected chi connectivity index (χ2v) is 4.53. The molecular formula is C13H21NO. The van der Waals surface area contributed by atoms with Gasteiger partial charge in [-0.05, 0) is 31.4 Å². The molecule has 0 heterocycles. The third-order valence-corrected chi connectivity index (χ3v) is 2.42. The fourth-order valence-corrected chi connectivity index (χ4v) is 1.54. The summed E-state index contributed by atoms with van der Waals surface area (Å²) in [5.41, 5.74) is 3.32. The average molecular weight is 207 g/mol. The van der Waals surface area contributed by atoms with Gasteiger partial charge in [0.05, 0.1) is 6.61 Å². The normalized spacial score (nSPS) is 11.1. The van der Waals surface area contributed by atoms with Crippen molar-refractivity contribution < 1.29 is 5.11 Å². The smallest absolute Gasteiger partial charge is 0.0701 e. The summed E-state index contributed by atoms with van der Waals surface area (Å²) in [5.74, 6) is 0.519. The lowest BCUT2D eigenvalue weighted by molar-refractivity contribution is 0.282. The number of hydrogen-bond donors (Lipinski definition) is 2. The summed E-state index contributed by atoms with van der Waals surface area (Å²) in [6.45, 7) is 8.64. The molecule has 0 bridgehead atoms. The SMILES string of the molecule is CC(C)Nc1cc(C(C)C)ccc1CO. The van der Waals surface area contributed by atoms with E-state index in [0.717, 1.165) is 11.3 Å². The lowest BCUT2D eigenvalue weighted by Gasteiger charge is -2.16. The van der Waals surface area contributed by atoms with Crippen LogP contribution in [0.15, 0.2) is 18.2 Å². The highest BCUT2D eigenvalue weighted by Crippen LogP contribution is 2.23. The highest BCUT2D eigenvalue weighted by Gasteiger charge is 2.06. The first-order valence-corrected chi connectivity index (χ1v) is 5.54. The Kier molecular flexibility index (Phi) is 4.15. The molecule has 15 heavy (non-hydrogen) atoms. The molecule has 0 aliphatic rings. The molecule has 0 saturated heterocycles. The highest BCUT2D eigenvalue weighted by molar-refractivity contribution is 5.54. The molecule has 0 fully saturated rings. The number of anilines is 1. The van der Waals surface area contributed by atoms with Crippen molar-refractivity contribution >= 4 is 5.69 Å². The third kappa shape index (κ3) is 3.24. The molecule has 0 aromatic heterocycles. The second kappa shape index (κ2) is 5.17. The van der Waals surface area contributed by atoms with E-state index in [9.17, 15) is 5.11 Å². The summed E-state index contributed by atoms with van der Waals surface area (Å²) in [6, 6.07) is 6.61. The molecule has 0 aliphatic heterocycles. The standard InChI is InChI=1S/C13H21NO/c1-9(2)11-5-6-12(8-15)13(7-11)14-10(3)4/h5-7,9-10,14-15H,8H2,1-4H3. The van der Waals surface area contributed by atoms with E-state index in [-0.39, 0.29) is 6.61 Å². The number of aliphatic hydroxyl groups excluding tert-OH is 1. The van der Waals surface area contributed by atoms with Crippen molar-refractivity contribution in [1.29, 1.82) is 0 Å². The van der Waals surface area contributed by atoms with E-state index in [1.807, 2.05) is 6.07 Å². The molecule has 0 spiro atoms. The van der Waals surface area contributed by atoms with Crippen molar-refractivity contribution in [2.45, 2.75) is 46.3 Å². The van der Waals surface area contributed by atoms with Gasteiger partial charge in [-0.1, -0.05) is 26.0 Å². The van der Waals surface area contributed by atoms with Crippen LogP contribution < -0.4 is 5.32 Å². The van der Waals surface area contributed by atoms with Gasteiger partial charge in [-0.15, -0.1) is 0 Å². The maximum absolute atomic E-state index is 9.22. The van der Waals surface area contributed by atoms with Crippen LogP contribution in [0.3, 0.4) is 0 Å². The van der Waals surface area contributed by atoms with Crippen molar-refractivity contribution in [3.05, 3.63) is 29.3 Å². The van der Waals surface area contributed by atoms with Crippen LogP contribution in [0.1, 0.15) is 44.7 Å². The van der Waals surface area contributed by atoms with E-state index in [0.29, 0.717) is 12.0 Å². The van der Waals surface area contributed by atoms with Crippen LogP contribution in [0.2, 0.25) is 0 Å². The minimum atomic E-state index is 0.0907. The topological polar surface area (TPSA) is 32.3 Å². The number of benzene rings is 1. The van der Waals surface area contributed by atoms with Crippen LogP contribution in [0.4, 0.5) is 5.69 Å². The molecule has 84 valence electrons. The minimum Gasteiger partial charge on any atom is -0.392 e. The third-order valence-electron chi connectivity index (χ3n) is 2.42. The monoisotopic (exact) mass is 207 g/mol. The van der Waals surface area contributed by atoms with E-state index in [4.69, 9.17) is 0 Å². The maximum Gasteiger partial charge on any atom is 0.0701 e. The lowest BCUT2D eigenvalue weighted by Crippen LogP contribution is -2.12. The van der Waals surface area contributed by atoms with Crippen molar-refractivity contribution in [3.8, 4) is 0 Å². The molecule has 2 nitrogen and oxygen atoms in total. The summed E-state index contributed by atoms with van der Waals surface area (Å²) >= 11 is 0. The molecule has 1 rings (SSSR count). The fraction of sp³-hybridized carbons (Fsp3) is 0.538. The Balaban J connectivity index is 3.02. The Morgan fingerprint density at radius 3 is 2.33 bits per heavy atom. The van der Waals surface area contributed by atoms with Gasteiger partial charge < -0.3 is 10.4 Å². The predicted octanol–water partition coefficient (Wildman–Crippen LogP) is 3.12. The van der Waals surface area contributed by atoms with Gasteiger partial charge in [0.15, 0.2) is 0 Å². The van der Waals surface area contributed by atoms with E-state index >= 15 is 0 Å². The van der Waals surface area contributed by atoms with E-state index < -0.39 is 0 Å². The van der Waals surface area contributed by atoms with Gasteiger partial charge >= 0.3 is 0 Å². The van der Waals surface area contributed by atoms with Gasteiger partial charge in [0, 0.05) is 17.3 Å². The summed E-state index contributed by atoms with van der Waals surface area (Å²) in [5, 5.41) is 12.6. The first-order chi connectivity index (χ1) is 7.04. The largest absolute Gasteiger partial charge is 0.392 e. The molecule has 0 amide bonds. The molecular weight excluding hydrogens is 186 g/mol. The molecule has 2 heteroatoms. The van der Waals surface area contributed by atoms with E-state index in [2.05, 4.69) is 45.1 Å². The molecule has 0 aliphatic carbocycles. The zero-order valence-corrected chi connectivity index (χ0v) is 10.0. The maximum atomic E-state index is 9.22. The first kappa shape index (κ1) is 12.1. The number of nitrogens with one attached hydrogen (secondary N) is 1. The average Bonchev–Trinajstić information content (AvgIpc) is 2.16. The highest BCUT2D eigenvalue weighted by atomic mass is 16.3. The zero-order valence-electron chi connectivity index (χ0n) is 10.0. The van der Waals surface area contributed by atoms with Crippen molar-refractivity contribution in [1.82, 2.24) is 0 Å². The van der Waals surface area contributed by atoms with Gasteiger partial charge in [0.1, 0.15) is 0 Å².